The Morgan fingerprint density at radius 1 is 1.47 bits per heavy atom. The molecule has 0 aromatic rings. The number of hydrogen-bond donors (Lipinski definition) is 2. The zero-order chi connectivity index (χ0) is 14.5. The minimum absolute atomic E-state index is 0.0157. The molecule has 0 aliphatic carbocycles. The van der Waals surface area contributed by atoms with Crippen molar-refractivity contribution in [3.05, 3.63) is 0 Å². The molecule has 0 saturated carbocycles. The molecule has 5 heteroatoms. The third-order valence-electron chi connectivity index (χ3n) is 3.70. The first-order valence-electron chi connectivity index (χ1n) is 7.19. The lowest BCUT2D eigenvalue weighted by molar-refractivity contribution is -0.138. The number of carbonyl (C=O) groups is 2. The van der Waals surface area contributed by atoms with Crippen molar-refractivity contribution in [2.75, 3.05) is 19.6 Å². The average molecular weight is 269 g/mol. The van der Waals surface area contributed by atoms with Crippen LogP contribution in [0, 0.1) is 5.92 Å². The molecule has 2 atom stereocenters. The van der Waals surface area contributed by atoms with Crippen LogP contribution in [0.1, 0.15) is 46.5 Å². The minimum Gasteiger partial charge on any atom is -0.356 e. The Hall–Kier alpha value is -1.10. The Kier molecular flexibility index (Phi) is 5.79. The van der Waals surface area contributed by atoms with Gasteiger partial charge in [-0.2, -0.15) is 0 Å². The van der Waals surface area contributed by atoms with Crippen LogP contribution in [0.25, 0.3) is 0 Å². The predicted octanol–water partition coefficient (Wildman–Crippen LogP) is 0.879. The van der Waals surface area contributed by atoms with Crippen molar-refractivity contribution in [2.45, 2.75) is 52.0 Å². The number of amides is 2. The molecule has 2 amide bonds. The molecule has 1 aliphatic heterocycles. The number of carbonyl (C=O) groups excluding carboxylic acids is 2. The Balaban J connectivity index is 2.54. The van der Waals surface area contributed by atoms with Gasteiger partial charge >= 0.3 is 0 Å². The van der Waals surface area contributed by atoms with E-state index in [1.54, 1.807) is 0 Å². The van der Waals surface area contributed by atoms with Crippen LogP contribution in [0.4, 0.5) is 0 Å². The van der Waals surface area contributed by atoms with E-state index in [9.17, 15) is 9.59 Å². The highest BCUT2D eigenvalue weighted by atomic mass is 16.2. The highest BCUT2D eigenvalue weighted by molar-refractivity contribution is 5.85. The lowest BCUT2D eigenvalue weighted by Crippen LogP contribution is -2.56. The summed E-state index contributed by atoms with van der Waals surface area (Å²) in [5, 5.41) is 2.83. The Morgan fingerprint density at radius 3 is 2.74 bits per heavy atom. The molecular weight excluding hydrogens is 242 g/mol. The number of likely N-dealkylation sites (tertiary alicyclic amines) is 1. The van der Waals surface area contributed by atoms with Gasteiger partial charge in [0, 0.05) is 26.6 Å². The van der Waals surface area contributed by atoms with Crippen LogP contribution in [0.15, 0.2) is 0 Å². The first-order valence-corrected chi connectivity index (χ1v) is 7.19. The zero-order valence-electron chi connectivity index (χ0n) is 12.4. The highest BCUT2D eigenvalue weighted by Crippen LogP contribution is 2.20. The quantitative estimate of drug-likeness (QED) is 0.778. The second kappa shape index (κ2) is 6.89. The van der Waals surface area contributed by atoms with Crippen LogP contribution in [-0.4, -0.2) is 41.9 Å². The van der Waals surface area contributed by atoms with Crippen molar-refractivity contribution in [3.63, 3.8) is 0 Å². The van der Waals surface area contributed by atoms with Gasteiger partial charge < -0.3 is 16.0 Å². The second-order valence-corrected chi connectivity index (χ2v) is 5.86. The number of rotatable bonds is 5. The van der Waals surface area contributed by atoms with Gasteiger partial charge in [-0.25, -0.2) is 0 Å². The fourth-order valence-corrected chi connectivity index (χ4v) is 2.69. The van der Waals surface area contributed by atoms with E-state index in [1.807, 2.05) is 18.7 Å². The topological polar surface area (TPSA) is 75.4 Å². The number of piperidine rings is 1. The summed E-state index contributed by atoms with van der Waals surface area (Å²) < 4.78 is 0. The molecule has 1 aliphatic rings. The van der Waals surface area contributed by atoms with E-state index in [-0.39, 0.29) is 11.8 Å². The Morgan fingerprint density at radius 2 is 2.16 bits per heavy atom. The third kappa shape index (κ3) is 4.82. The van der Waals surface area contributed by atoms with Gasteiger partial charge in [0.1, 0.15) is 0 Å². The summed E-state index contributed by atoms with van der Waals surface area (Å²) in [7, 11) is 0. The summed E-state index contributed by atoms with van der Waals surface area (Å²) in [6, 6.07) is 0. The Bertz CT molecular complexity index is 329. The molecule has 1 heterocycles. The molecule has 5 nitrogen and oxygen atoms in total. The van der Waals surface area contributed by atoms with Crippen molar-refractivity contribution < 1.29 is 9.59 Å². The van der Waals surface area contributed by atoms with Crippen molar-refractivity contribution in [1.29, 1.82) is 0 Å². The van der Waals surface area contributed by atoms with E-state index < -0.39 is 5.54 Å². The summed E-state index contributed by atoms with van der Waals surface area (Å²) in [5.74, 6) is 0.374. The van der Waals surface area contributed by atoms with Crippen molar-refractivity contribution >= 4 is 11.8 Å². The molecule has 1 fully saturated rings. The van der Waals surface area contributed by atoms with Gasteiger partial charge in [-0.1, -0.05) is 13.3 Å². The molecule has 0 spiro atoms. The molecule has 19 heavy (non-hydrogen) atoms. The highest BCUT2D eigenvalue weighted by Gasteiger charge is 2.34. The van der Waals surface area contributed by atoms with Crippen molar-refractivity contribution in [2.24, 2.45) is 11.7 Å². The molecule has 0 aromatic heterocycles. The van der Waals surface area contributed by atoms with Crippen LogP contribution in [0.3, 0.4) is 0 Å². The number of nitrogens with two attached hydrogens (primary N) is 1. The van der Waals surface area contributed by atoms with Crippen LogP contribution < -0.4 is 11.1 Å². The number of nitrogens with zero attached hydrogens (tertiary/aromatic N) is 1. The van der Waals surface area contributed by atoms with E-state index in [0.717, 1.165) is 25.8 Å². The van der Waals surface area contributed by atoms with Gasteiger partial charge in [0.2, 0.25) is 11.8 Å². The summed E-state index contributed by atoms with van der Waals surface area (Å²) >= 11 is 0. The predicted molar refractivity (Wildman–Crippen MR) is 75.5 cm³/mol. The summed E-state index contributed by atoms with van der Waals surface area (Å²) in [5.41, 5.74) is 5.35. The van der Waals surface area contributed by atoms with Crippen LogP contribution >= 0.6 is 0 Å². The Labute approximate surface area is 115 Å². The van der Waals surface area contributed by atoms with E-state index in [1.165, 1.54) is 6.92 Å². The SMILES string of the molecule is CCCC(C)(N)C(=O)N1CCCC(CNC(C)=O)C1. The minimum atomic E-state index is -0.759. The molecule has 110 valence electrons. The van der Waals surface area contributed by atoms with Gasteiger partial charge in [-0.05, 0) is 32.1 Å². The molecule has 3 N–H and O–H groups in total. The monoisotopic (exact) mass is 269 g/mol. The first-order chi connectivity index (χ1) is 8.86. The molecule has 0 aromatic carbocycles. The van der Waals surface area contributed by atoms with Gasteiger partial charge in [-0.15, -0.1) is 0 Å². The standard InChI is InChI=1S/C14H27N3O2/c1-4-7-14(3,15)13(19)17-8-5-6-12(10-17)9-16-11(2)18/h12H,4-10,15H2,1-3H3,(H,16,18). The normalized spacial score (nSPS) is 22.7. The molecular formula is C14H27N3O2. The van der Waals surface area contributed by atoms with E-state index in [4.69, 9.17) is 5.73 Å². The van der Waals surface area contributed by atoms with E-state index in [2.05, 4.69) is 5.32 Å². The molecule has 2 unspecified atom stereocenters. The number of hydrogen-bond acceptors (Lipinski definition) is 3. The number of nitrogens with one attached hydrogen (secondary N) is 1. The lowest BCUT2D eigenvalue weighted by atomic mass is 9.92. The molecule has 1 saturated heterocycles. The fourth-order valence-electron chi connectivity index (χ4n) is 2.69. The summed E-state index contributed by atoms with van der Waals surface area (Å²) in [4.78, 5) is 25.2. The maximum absolute atomic E-state index is 12.4. The maximum Gasteiger partial charge on any atom is 0.242 e. The molecule has 0 bridgehead atoms. The smallest absolute Gasteiger partial charge is 0.242 e. The molecule has 0 radical (unpaired) electrons. The van der Waals surface area contributed by atoms with Gasteiger partial charge in [0.05, 0.1) is 5.54 Å². The van der Waals surface area contributed by atoms with Crippen LogP contribution in [0.5, 0.6) is 0 Å². The first kappa shape index (κ1) is 16.0. The van der Waals surface area contributed by atoms with Gasteiger partial charge in [-0.3, -0.25) is 9.59 Å². The third-order valence-corrected chi connectivity index (χ3v) is 3.70. The molecule has 1 rings (SSSR count). The summed E-state index contributed by atoms with van der Waals surface area (Å²) in [6.07, 6.45) is 3.65. The van der Waals surface area contributed by atoms with E-state index in [0.29, 0.717) is 25.4 Å². The zero-order valence-corrected chi connectivity index (χ0v) is 12.4. The maximum atomic E-state index is 12.4. The second-order valence-electron chi connectivity index (χ2n) is 5.86. The fraction of sp³-hybridized carbons (Fsp3) is 0.857. The average Bonchev–Trinajstić information content (AvgIpc) is 2.35. The van der Waals surface area contributed by atoms with Crippen LogP contribution in [-0.2, 0) is 9.59 Å². The van der Waals surface area contributed by atoms with E-state index >= 15 is 0 Å². The van der Waals surface area contributed by atoms with Gasteiger partial charge in [0.15, 0.2) is 0 Å². The lowest BCUT2D eigenvalue weighted by Gasteiger charge is -2.37. The van der Waals surface area contributed by atoms with Crippen LogP contribution in [0.2, 0.25) is 0 Å². The summed E-state index contributed by atoms with van der Waals surface area (Å²) in [6.45, 7) is 7.50. The largest absolute Gasteiger partial charge is 0.356 e. The van der Waals surface area contributed by atoms with Crippen molar-refractivity contribution in [1.82, 2.24) is 10.2 Å². The van der Waals surface area contributed by atoms with Crippen molar-refractivity contribution in [3.8, 4) is 0 Å². The van der Waals surface area contributed by atoms with Gasteiger partial charge in [0.25, 0.3) is 0 Å².